The van der Waals surface area contributed by atoms with Gasteiger partial charge >= 0.3 is 0 Å². The molecule has 1 aromatic carbocycles. The second kappa shape index (κ2) is 5.85. The van der Waals surface area contributed by atoms with Gasteiger partial charge in [0.05, 0.1) is 10.4 Å². The summed E-state index contributed by atoms with van der Waals surface area (Å²) < 4.78 is 0.864. The van der Waals surface area contributed by atoms with E-state index in [-0.39, 0.29) is 5.38 Å². The number of rotatable bonds is 3. The topological polar surface area (TPSA) is 12.9 Å². The monoisotopic (exact) mass is 329 g/mol. The van der Waals surface area contributed by atoms with E-state index in [4.69, 9.17) is 23.2 Å². The average molecular weight is 331 g/mol. The summed E-state index contributed by atoms with van der Waals surface area (Å²) in [7, 11) is 0. The van der Waals surface area contributed by atoms with Crippen LogP contribution in [0.3, 0.4) is 0 Å². The second-order valence-electron chi connectivity index (χ2n) is 3.64. The Hall–Kier alpha value is -0.570. The van der Waals surface area contributed by atoms with Gasteiger partial charge in [-0.05, 0) is 39.7 Å². The Morgan fingerprint density at radius 1 is 1.18 bits per heavy atom. The number of benzene rings is 1. The number of alkyl halides is 1. The molecule has 1 nitrogen and oxygen atoms in total. The number of hydrogen-bond acceptors (Lipinski definition) is 1. The van der Waals surface area contributed by atoms with E-state index in [1.54, 1.807) is 6.20 Å². The average Bonchev–Trinajstić information content (AvgIpc) is 2.34. The van der Waals surface area contributed by atoms with Gasteiger partial charge in [0, 0.05) is 22.8 Å². The van der Waals surface area contributed by atoms with Gasteiger partial charge in [0.1, 0.15) is 0 Å². The zero-order chi connectivity index (χ0) is 12.3. The molecule has 0 bridgehead atoms. The van der Waals surface area contributed by atoms with Gasteiger partial charge in [0.2, 0.25) is 0 Å². The first-order valence-corrected chi connectivity index (χ1v) is 6.77. The fraction of sp³-hybridized carbons (Fsp3) is 0.154. The zero-order valence-corrected chi connectivity index (χ0v) is 12.0. The molecule has 0 spiro atoms. The van der Waals surface area contributed by atoms with Gasteiger partial charge in [-0.25, -0.2) is 0 Å². The Morgan fingerprint density at radius 2 is 2.00 bits per heavy atom. The molecule has 0 aliphatic carbocycles. The summed E-state index contributed by atoms with van der Waals surface area (Å²) in [4.78, 5) is 4.26. The zero-order valence-electron chi connectivity index (χ0n) is 8.91. The van der Waals surface area contributed by atoms with Gasteiger partial charge in [-0.2, -0.15) is 0 Å². The normalized spacial score (nSPS) is 12.4. The number of aromatic nitrogens is 1. The van der Waals surface area contributed by atoms with Crippen molar-refractivity contribution in [2.75, 3.05) is 0 Å². The van der Waals surface area contributed by atoms with E-state index in [0.29, 0.717) is 11.4 Å². The number of hydrogen-bond donors (Lipinski definition) is 0. The number of halogens is 3. The molecular weight excluding hydrogens is 321 g/mol. The van der Waals surface area contributed by atoms with Gasteiger partial charge in [-0.3, -0.25) is 4.98 Å². The highest BCUT2D eigenvalue weighted by Crippen LogP contribution is 2.34. The van der Waals surface area contributed by atoms with Crippen molar-refractivity contribution >= 4 is 39.1 Å². The third-order valence-electron chi connectivity index (χ3n) is 2.43. The molecule has 0 saturated heterocycles. The van der Waals surface area contributed by atoms with Gasteiger partial charge in [-0.15, -0.1) is 11.6 Å². The van der Waals surface area contributed by atoms with Crippen LogP contribution in [-0.2, 0) is 6.42 Å². The third-order valence-corrected chi connectivity index (χ3v) is 4.13. The molecule has 2 rings (SSSR count). The third kappa shape index (κ3) is 3.21. The summed E-state index contributed by atoms with van der Waals surface area (Å²) in [5.41, 5.74) is 1.89. The fourth-order valence-corrected chi connectivity index (χ4v) is 2.61. The first-order chi connectivity index (χ1) is 8.18. The summed E-state index contributed by atoms with van der Waals surface area (Å²) >= 11 is 16.0. The molecule has 2 aromatic rings. The standard InChI is InChI=1S/C13H10BrCl2N/c14-11-6-3-5-10(13(11)16)12(15)8-9-4-1-2-7-17-9/h1-7,12H,8H2. The first kappa shape index (κ1) is 12.9. The first-order valence-electron chi connectivity index (χ1n) is 5.16. The highest BCUT2D eigenvalue weighted by Gasteiger charge is 2.14. The Balaban J connectivity index is 2.20. The van der Waals surface area contributed by atoms with Crippen LogP contribution in [0, 0.1) is 0 Å². The van der Waals surface area contributed by atoms with Crippen molar-refractivity contribution < 1.29 is 0 Å². The lowest BCUT2D eigenvalue weighted by atomic mass is 10.1. The molecule has 0 radical (unpaired) electrons. The summed E-state index contributed by atoms with van der Waals surface area (Å²) in [6.45, 7) is 0. The smallest absolute Gasteiger partial charge is 0.0655 e. The minimum atomic E-state index is -0.171. The van der Waals surface area contributed by atoms with E-state index in [1.165, 1.54) is 0 Å². The van der Waals surface area contributed by atoms with E-state index in [1.807, 2.05) is 36.4 Å². The lowest BCUT2D eigenvalue weighted by Crippen LogP contribution is -1.98. The van der Waals surface area contributed by atoms with Crippen LogP contribution in [0.25, 0.3) is 0 Å². The van der Waals surface area contributed by atoms with Gasteiger partial charge in [0.15, 0.2) is 0 Å². The van der Waals surface area contributed by atoms with Crippen LogP contribution < -0.4 is 0 Å². The molecule has 0 aliphatic rings. The highest BCUT2D eigenvalue weighted by molar-refractivity contribution is 9.10. The van der Waals surface area contributed by atoms with Gasteiger partial charge < -0.3 is 0 Å². The van der Waals surface area contributed by atoms with Crippen LogP contribution in [0.15, 0.2) is 47.1 Å². The summed E-state index contributed by atoms with van der Waals surface area (Å²) in [5, 5.41) is 0.498. The predicted molar refractivity (Wildman–Crippen MR) is 75.7 cm³/mol. The predicted octanol–water partition coefficient (Wildman–Crippen LogP) is 5.02. The summed E-state index contributed by atoms with van der Waals surface area (Å²) in [6.07, 6.45) is 2.43. The molecule has 0 saturated carbocycles. The minimum absolute atomic E-state index is 0.171. The van der Waals surface area contributed by atoms with Crippen molar-refractivity contribution in [2.24, 2.45) is 0 Å². The SMILES string of the molecule is Clc1c(Br)cccc1C(Cl)Cc1ccccn1. The van der Waals surface area contributed by atoms with Crippen molar-refractivity contribution in [2.45, 2.75) is 11.8 Å². The van der Waals surface area contributed by atoms with Gasteiger partial charge in [0.25, 0.3) is 0 Å². The number of nitrogens with zero attached hydrogens (tertiary/aromatic N) is 1. The molecule has 1 aromatic heterocycles. The van der Waals surface area contributed by atoms with Crippen LogP contribution in [-0.4, -0.2) is 4.98 Å². The number of pyridine rings is 1. The van der Waals surface area contributed by atoms with Crippen LogP contribution in [0.4, 0.5) is 0 Å². The van der Waals surface area contributed by atoms with E-state index < -0.39 is 0 Å². The van der Waals surface area contributed by atoms with Crippen LogP contribution in [0.1, 0.15) is 16.6 Å². The largest absolute Gasteiger partial charge is 0.261 e. The Bertz CT molecular complexity index is 502. The van der Waals surface area contributed by atoms with Crippen molar-refractivity contribution in [3.63, 3.8) is 0 Å². The molecule has 1 unspecified atom stereocenters. The van der Waals surface area contributed by atoms with E-state index in [9.17, 15) is 0 Å². The molecule has 0 aliphatic heterocycles. The molecular formula is C13H10BrCl2N. The van der Waals surface area contributed by atoms with Crippen LogP contribution in [0.2, 0.25) is 5.02 Å². The van der Waals surface area contributed by atoms with E-state index in [0.717, 1.165) is 15.7 Å². The highest BCUT2D eigenvalue weighted by atomic mass is 79.9. The Morgan fingerprint density at radius 3 is 2.71 bits per heavy atom. The van der Waals surface area contributed by atoms with Crippen molar-refractivity contribution in [3.8, 4) is 0 Å². The molecule has 1 atom stereocenters. The van der Waals surface area contributed by atoms with Crippen molar-refractivity contribution in [1.82, 2.24) is 4.98 Å². The van der Waals surface area contributed by atoms with Crippen molar-refractivity contribution in [3.05, 3.63) is 63.3 Å². The van der Waals surface area contributed by atoms with Crippen molar-refractivity contribution in [1.29, 1.82) is 0 Å². The molecule has 4 heteroatoms. The lowest BCUT2D eigenvalue weighted by molar-refractivity contribution is 0.880. The Kier molecular flexibility index (Phi) is 4.43. The second-order valence-corrected chi connectivity index (χ2v) is 5.39. The maximum absolute atomic E-state index is 6.37. The Labute approximate surface area is 119 Å². The maximum atomic E-state index is 6.37. The summed E-state index contributed by atoms with van der Waals surface area (Å²) in [6, 6.07) is 11.6. The molecule has 0 N–H and O–H groups in total. The van der Waals surface area contributed by atoms with Gasteiger partial charge in [-0.1, -0.05) is 29.8 Å². The molecule has 0 fully saturated rings. The fourth-order valence-electron chi connectivity index (χ4n) is 1.57. The molecule has 17 heavy (non-hydrogen) atoms. The van der Waals surface area contributed by atoms with E-state index >= 15 is 0 Å². The molecule has 1 heterocycles. The lowest BCUT2D eigenvalue weighted by Gasteiger charge is -2.12. The minimum Gasteiger partial charge on any atom is -0.261 e. The molecule has 88 valence electrons. The quantitative estimate of drug-likeness (QED) is 0.720. The van der Waals surface area contributed by atoms with E-state index in [2.05, 4.69) is 20.9 Å². The van der Waals surface area contributed by atoms with Crippen LogP contribution >= 0.6 is 39.1 Å². The molecule has 0 amide bonds. The summed E-state index contributed by atoms with van der Waals surface area (Å²) in [5.74, 6) is 0. The van der Waals surface area contributed by atoms with Crippen LogP contribution in [0.5, 0.6) is 0 Å². The maximum Gasteiger partial charge on any atom is 0.0655 e.